The van der Waals surface area contributed by atoms with E-state index in [1.807, 2.05) is 66.9 Å². The normalized spacial score (nSPS) is 10.5. The van der Waals surface area contributed by atoms with E-state index in [-0.39, 0.29) is 0 Å². The quantitative estimate of drug-likeness (QED) is 0.672. The van der Waals surface area contributed by atoms with Crippen LogP contribution >= 0.6 is 0 Å². The number of aliphatic imine (C=N–C) groups is 1. The Labute approximate surface area is 95.8 Å². The van der Waals surface area contributed by atoms with Crippen molar-refractivity contribution in [3.8, 4) is 0 Å². The number of rotatable bonds is 3. The van der Waals surface area contributed by atoms with Gasteiger partial charge in [-0.05, 0) is 23.3 Å². The highest BCUT2D eigenvalue weighted by atomic mass is 14.7. The largest absolute Gasteiger partial charge is 0.256 e. The van der Waals surface area contributed by atoms with Crippen LogP contribution in [0.25, 0.3) is 6.08 Å². The van der Waals surface area contributed by atoms with Gasteiger partial charge in [0.25, 0.3) is 0 Å². The highest BCUT2D eigenvalue weighted by Gasteiger charge is 1.93. The van der Waals surface area contributed by atoms with Crippen LogP contribution in [0, 0.1) is 0 Å². The average molecular weight is 207 g/mol. The summed E-state index contributed by atoms with van der Waals surface area (Å²) in [6.45, 7) is 3.78. The lowest BCUT2D eigenvalue weighted by Crippen LogP contribution is -1.84. The van der Waals surface area contributed by atoms with Crippen molar-refractivity contribution in [3.05, 3.63) is 72.3 Å². The number of hydrogen-bond acceptors (Lipinski definition) is 1. The van der Waals surface area contributed by atoms with Gasteiger partial charge in [-0.2, -0.15) is 0 Å². The van der Waals surface area contributed by atoms with E-state index >= 15 is 0 Å². The highest BCUT2D eigenvalue weighted by molar-refractivity contribution is 5.86. The Hall–Kier alpha value is -2.15. The van der Waals surface area contributed by atoms with Gasteiger partial charge in [-0.15, -0.1) is 0 Å². The Bertz CT molecular complexity index is 498. The third-order valence-electron chi connectivity index (χ3n) is 2.32. The molecule has 0 spiro atoms. The van der Waals surface area contributed by atoms with Crippen LogP contribution in [0.15, 0.2) is 66.2 Å². The first-order chi connectivity index (χ1) is 7.90. The predicted molar refractivity (Wildman–Crippen MR) is 70.2 cm³/mol. The SMILES string of the molecule is C=Cc1ccccc1C=Nc1ccccc1. The van der Waals surface area contributed by atoms with Gasteiger partial charge in [0.15, 0.2) is 0 Å². The second-order valence-electron chi connectivity index (χ2n) is 3.43. The van der Waals surface area contributed by atoms with Gasteiger partial charge in [-0.25, -0.2) is 0 Å². The molecule has 0 aliphatic carbocycles. The first kappa shape index (κ1) is 10.4. The van der Waals surface area contributed by atoms with Crippen molar-refractivity contribution in [1.82, 2.24) is 0 Å². The van der Waals surface area contributed by atoms with Crippen LogP contribution in [0.5, 0.6) is 0 Å². The molecule has 0 atom stereocenters. The molecular weight excluding hydrogens is 194 g/mol. The van der Waals surface area contributed by atoms with Gasteiger partial charge in [-0.3, -0.25) is 4.99 Å². The van der Waals surface area contributed by atoms with Crippen molar-refractivity contribution in [3.63, 3.8) is 0 Å². The average Bonchev–Trinajstić information content (AvgIpc) is 2.38. The van der Waals surface area contributed by atoms with Crippen molar-refractivity contribution in [2.75, 3.05) is 0 Å². The van der Waals surface area contributed by atoms with Crippen molar-refractivity contribution in [2.24, 2.45) is 4.99 Å². The van der Waals surface area contributed by atoms with Crippen LogP contribution in [0.3, 0.4) is 0 Å². The van der Waals surface area contributed by atoms with E-state index in [2.05, 4.69) is 11.6 Å². The summed E-state index contributed by atoms with van der Waals surface area (Å²) in [6.07, 6.45) is 3.71. The molecule has 0 amide bonds. The van der Waals surface area contributed by atoms with Crippen molar-refractivity contribution < 1.29 is 0 Å². The lowest BCUT2D eigenvalue weighted by Gasteiger charge is -1.98. The molecule has 0 N–H and O–H groups in total. The Morgan fingerprint density at radius 3 is 2.12 bits per heavy atom. The summed E-state index contributed by atoms with van der Waals surface area (Å²) in [5.74, 6) is 0. The maximum atomic E-state index is 4.41. The maximum absolute atomic E-state index is 4.41. The van der Waals surface area contributed by atoms with E-state index in [4.69, 9.17) is 0 Å². The van der Waals surface area contributed by atoms with Gasteiger partial charge in [0, 0.05) is 6.21 Å². The lowest BCUT2D eigenvalue weighted by molar-refractivity contribution is 1.52. The van der Waals surface area contributed by atoms with Crippen LogP contribution in [0.4, 0.5) is 5.69 Å². The standard InChI is InChI=1S/C15H13N/c1-2-13-8-6-7-9-14(13)12-16-15-10-4-3-5-11-15/h2-12H,1H2. The number of benzene rings is 2. The van der Waals surface area contributed by atoms with Crippen LogP contribution in [-0.2, 0) is 0 Å². The molecule has 16 heavy (non-hydrogen) atoms. The van der Waals surface area contributed by atoms with Gasteiger partial charge in [0.1, 0.15) is 0 Å². The molecule has 0 radical (unpaired) electrons. The smallest absolute Gasteiger partial charge is 0.0629 e. The van der Waals surface area contributed by atoms with Crippen molar-refractivity contribution >= 4 is 18.0 Å². The van der Waals surface area contributed by atoms with Gasteiger partial charge in [0.05, 0.1) is 5.69 Å². The first-order valence-corrected chi connectivity index (χ1v) is 5.21. The summed E-state index contributed by atoms with van der Waals surface area (Å²) in [5, 5.41) is 0. The van der Waals surface area contributed by atoms with Gasteiger partial charge < -0.3 is 0 Å². The topological polar surface area (TPSA) is 12.4 Å². The van der Waals surface area contributed by atoms with Gasteiger partial charge >= 0.3 is 0 Å². The molecule has 78 valence electrons. The van der Waals surface area contributed by atoms with Gasteiger partial charge in [-0.1, -0.05) is 55.1 Å². The first-order valence-electron chi connectivity index (χ1n) is 5.21. The van der Waals surface area contributed by atoms with Crippen molar-refractivity contribution in [1.29, 1.82) is 0 Å². The Morgan fingerprint density at radius 1 is 0.812 bits per heavy atom. The van der Waals surface area contributed by atoms with E-state index in [1.165, 1.54) is 0 Å². The number of para-hydroxylation sites is 1. The molecule has 0 saturated heterocycles. The summed E-state index contributed by atoms with van der Waals surface area (Å²) in [7, 11) is 0. The number of hydrogen-bond donors (Lipinski definition) is 0. The molecule has 0 unspecified atom stereocenters. The lowest BCUT2D eigenvalue weighted by atomic mass is 10.1. The van der Waals surface area contributed by atoms with Crippen LogP contribution in [0.2, 0.25) is 0 Å². The molecule has 2 rings (SSSR count). The zero-order valence-corrected chi connectivity index (χ0v) is 9.01. The maximum Gasteiger partial charge on any atom is 0.0629 e. The van der Waals surface area contributed by atoms with Crippen molar-refractivity contribution in [2.45, 2.75) is 0 Å². The molecule has 0 fully saturated rings. The van der Waals surface area contributed by atoms with Crippen LogP contribution in [-0.4, -0.2) is 6.21 Å². The third-order valence-corrected chi connectivity index (χ3v) is 2.32. The molecule has 0 saturated carbocycles. The summed E-state index contributed by atoms with van der Waals surface area (Å²) in [4.78, 5) is 4.41. The van der Waals surface area contributed by atoms with Crippen LogP contribution < -0.4 is 0 Å². The summed E-state index contributed by atoms with van der Waals surface area (Å²) < 4.78 is 0. The predicted octanol–water partition coefficient (Wildman–Crippen LogP) is 4.08. The molecule has 0 aliphatic heterocycles. The third kappa shape index (κ3) is 2.45. The minimum atomic E-state index is 0.960. The number of nitrogens with zero attached hydrogens (tertiary/aromatic N) is 1. The molecular formula is C15H13N. The minimum absolute atomic E-state index is 0.960. The Morgan fingerprint density at radius 2 is 1.44 bits per heavy atom. The molecule has 0 aliphatic rings. The van der Waals surface area contributed by atoms with Crippen LogP contribution in [0.1, 0.15) is 11.1 Å². The highest BCUT2D eigenvalue weighted by Crippen LogP contribution is 2.12. The molecule has 0 bridgehead atoms. The second-order valence-corrected chi connectivity index (χ2v) is 3.43. The zero-order chi connectivity index (χ0) is 11.2. The Kier molecular flexibility index (Phi) is 3.29. The summed E-state index contributed by atoms with van der Waals surface area (Å²) in [5.41, 5.74) is 3.14. The molecule has 0 heterocycles. The van der Waals surface area contributed by atoms with E-state index < -0.39 is 0 Å². The minimum Gasteiger partial charge on any atom is -0.256 e. The zero-order valence-electron chi connectivity index (χ0n) is 9.01. The molecule has 1 nitrogen and oxygen atoms in total. The molecule has 2 aromatic carbocycles. The fourth-order valence-electron chi connectivity index (χ4n) is 1.47. The monoisotopic (exact) mass is 207 g/mol. The second kappa shape index (κ2) is 5.08. The summed E-state index contributed by atoms with van der Waals surface area (Å²) in [6, 6.07) is 18.0. The molecule has 2 aromatic rings. The fourth-order valence-corrected chi connectivity index (χ4v) is 1.47. The van der Waals surface area contributed by atoms with E-state index in [0.29, 0.717) is 0 Å². The molecule has 0 aromatic heterocycles. The fraction of sp³-hybridized carbons (Fsp3) is 0. The summed E-state index contributed by atoms with van der Waals surface area (Å²) >= 11 is 0. The van der Waals surface area contributed by atoms with E-state index in [0.717, 1.165) is 16.8 Å². The Balaban J connectivity index is 2.27. The van der Waals surface area contributed by atoms with E-state index in [1.54, 1.807) is 0 Å². The molecule has 1 heteroatoms. The van der Waals surface area contributed by atoms with Gasteiger partial charge in [0.2, 0.25) is 0 Å². The van der Waals surface area contributed by atoms with E-state index in [9.17, 15) is 0 Å².